The molecule has 0 aliphatic carbocycles. The summed E-state index contributed by atoms with van der Waals surface area (Å²) >= 11 is 0. The molecule has 0 fully saturated rings. The highest BCUT2D eigenvalue weighted by Crippen LogP contribution is 2.26. The molecule has 0 atom stereocenters. The molecular weight excluding hydrogens is 448 g/mol. The van der Waals surface area contributed by atoms with Crippen molar-refractivity contribution in [3.8, 4) is 22.9 Å². The molecular formula is C25H18N6O4. The Morgan fingerprint density at radius 2 is 1.66 bits per heavy atom. The van der Waals surface area contributed by atoms with E-state index in [1.807, 2.05) is 0 Å². The third kappa shape index (κ3) is 4.62. The second kappa shape index (κ2) is 8.94. The molecule has 2 amide bonds. The number of pyridine rings is 2. The number of benzene rings is 2. The number of imidazole rings is 1. The fourth-order valence-electron chi connectivity index (χ4n) is 3.37. The quantitative estimate of drug-likeness (QED) is 0.246. The fourth-order valence-corrected chi connectivity index (χ4v) is 3.37. The van der Waals surface area contributed by atoms with Gasteiger partial charge >= 0.3 is 0 Å². The zero-order chi connectivity index (χ0) is 24.4. The van der Waals surface area contributed by atoms with Gasteiger partial charge in [-0.1, -0.05) is 6.07 Å². The molecule has 172 valence electrons. The highest BCUT2D eigenvalue weighted by atomic mass is 16.3. The predicted octanol–water partition coefficient (Wildman–Crippen LogP) is 3.94. The number of aromatic amines is 1. The zero-order valence-corrected chi connectivity index (χ0v) is 18.1. The number of rotatable bonds is 5. The van der Waals surface area contributed by atoms with E-state index in [2.05, 4.69) is 30.6 Å². The smallest absolute Gasteiger partial charge is 0.275 e. The number of hydrogen-bond donors (Lipinski definition) is 5. The lowest BCUT2D eigenvalue weighted by Gasteiger charge is -2.07. The van der Waals surface area contributed by atoms with Gasteiger partial charge in [0.15, 0.2) is 11.5 Å². The Bertz CT molecular complexity index is 1550. The summed E-state index contributed by atoms with van der Waals surface area (Å²) in [6.45, 7) is 0. The van der Waals surface area contributed by atoms with Gasteiger partial charge in [0.1, 0.15) is 17.3 Å². The number of aromatic hydroxyl groups is 2. The number of H-pyrrole nitrogens is 1. The Kier molecular flexibility index (Phi) is 5.52. The Morgan fingerprint density at radius 3 is 2.40 bits per heavy atom. The van der Waals surface area contributed by atoms with Crippen molar-refractivity contribution in [2.24, 2.45) is 0 Å². The Hall–Kier alpha value is -5.25. The molecule has 0 radical (unpaired) electrons. The number of phenols is 2. The number of carbonyl (C=O) groups excluding carboxylic acids is 2. The van der Waals surface area contributed by atoms with Crippen LogP contribution in [0.4, 0.5) is 11.5 Å². The van der Waals surface area contributed by atoms with Gasteiger partial charge in [-0.2, -0.15) is 0 Å². The molecule has 0 aliphatic heterocycles. The summed E-state index contributed by atoms with van der Waals surface area (Å²) in [5.74, 6) is -0.515. The second-order valence-corrected chi connectivity index (χ2v) is 7.58. The average molecular weight is 466 g/mol. The van der Waals surface area contributed by atoms with E-state index in [1.165, 1.54) is 18.2 Å². The van der Waals surface area contributed by atoms with Crippen LogP contribution in [0.1, 0.15) is 20.8 Å². The lowest BCUT2D eigenvalue weighted by atomic mass is 10.1. The van der Waals surface area contributed by atoms with E-state index in [4.69, 9.17) is 0 Å². The Morgan fingerprint density at radius 1 is 0.829 bits per heavy atom. The van der Waals surface area contributed by atoms with Gasteiger partial charge in [0.25, 0.3) is 11.8 Å². The first-order valence-corrected chi connectivity index (χ1v) is 10.5. The summed E-state index contributed by atoms with van der Waals surface area (Å²) in [5.41, 5.74) is 3.13. The minimum atomic E-state index is -0.428. The van der Waals surface area contributed by atoms with Gasteiger partial charge in [0.2, 0.25) is 0 Å². The minimum Gasteiger partial charge on any atom is -0.504 e. The molecule has 5 rings (SSSR count). The van der Waals surface area contributed by atoms with Gasteiger partial charge in [-0.15, -0.1) is 0 Å². The van der Waals surface area contributed by atoms with Gasteiger partial charge in [-0.05, 0) is 54.6 Å². The summed E-state index contributed by atoms with van der Waals surface area (Å²) in [6.07, 6.45) is 3.13. The van der Waals surface area contributed by atoms with Crippen LogP contribution in [0.5, 0.6) is 11.5 Å². The molecule has 0 unspecified atom stereocenters. The highest BCUT2D eigenvalue weighted by molar-refractivity contribution is 6.05. The van der Waals surface area contributed by atoms with Crippen LogP contribution in [0.2, 0.25) is 0 Å². The summed E-state index contributed by atoms with van der Waals surface area (Å²) in [4.78, 5) is 40.7. The number of anilines is 2. The van der Waals surface area contributed by atoms with Crippen LogP contribution in [0, 0.1) is 0 Å². The highest BCUT2D eigenvalue weighted by Gasteiger charge is 2.12. The van der Waals surface area contributed by atoms with Crippen molar-refractivity contribution < 1.29 is 19.8 Å². The molecule has 5 N–H and O–H groups in total. The molecule has 5 aromatic rings. The molecule has 10 nitrogen and oxygen atoms in total. The summed E-state index contributed by atoms with van der Waals surface area (Å²) < 4.78 is 0. The molecule has 3 heterocycles. The van der Waals surface area contributed by atoms with Crippen LogP contribution in [-0.2, 0) is 0 Å². The second-order valence-electron chi connectivity index (χ2n) is 7.58. The van der Waals surface area contributed by atoms with E-state index >= 15 is 0 Å². The van der Waals surface area contributed by atoms with Gasteiger partial charge in [0.05, 0.1) is 17.2 Å². The van der Waals surface area contributed by atoms with Crippen LogP contribution >= 0.6 is 0 Å². The number of amides is 2. The topological polar surface area (TPSA) is 153 Å². The first-order chi connectivity index (χ1) is 17.0. The van der Waals surface area contributed by atoms with E-state index in [-0.39, 0.29) is 28.7 Å². The van der Waals surface area contributed by atoms with E-state index in [0.717, 1.165) is 5.56 Å². The molecule has 0 bridgehead atoms. The standard InChI is InChI=1S/C25H18N6O4/c32-20-9-6-15(11-21(20)33)24(34)28-16-7-4-14(5-8-16)23-29-18-12-22(27-13-19(18)30-23)31-25(35)17-3-1-2-10-26-17/h1-13,32-33H,(H,28,34)(H,29,30)(H,27,31,35). The van der Waals surface area contributed by atoms with Crippen LogP contribution < -0.4 is 10.6 Å². The van der Waals surface area contributed by atoms with E-state index < -0.39 is 5.91 Å². The molecule has 10 heteroatoms. The monoisotopic (exact) mass is 466 g/mol. The molecule has 0 aliphatic rings. The van der Waals surface area contributed by atoms with E-state index in [0.29, 0.717) is 28.4 Å². The maximum absolute atomic E-state index is 12.4. The van der Waals surface area contributed by atoms with E-state index in [1.54, 1.807) is 60.9 Å². The largest absolute Gasteiger partial charge is 0.504 e. The number of nitrogens with zero attached hydrogens (tertiary/aromatic N) is 3. The lowest BCUT2D eigenvalue weighted by Crippen LogP contribution is -2.14. The van der Waals surface area contributed by atoms with Crippen molar-refractivity contribution in [2.45, 2.75) is 0 Å². The number of carbonyl (C=O) groups is 2. The van der Waals surface area contributed by atoms with Crippen LogP contribution in [-0.4, -0.2) is 42.0 Å². The van der Waals surface area contributed by atoms with Crippen LogP contribution in [0.15, 0.2) is 79.1 Å². The molecule has 35 heavy (non-hydrogen) atoms. The number of hydrogen-bond acceptors (Lipinski definition) is 7. The normalized spacial score (nSPS) is 10.7. The van der Waals surface area contributed by atoms with Gasteiger partial charge in [-0.3, -0.25) is 14.6 Å². The van der Waals surface area contributed by atoms with Crippen molar-refractivity contribution in [1.29, 1.82) is 0 Å². The fraction of sp³-hybridized carbons (Fsp3) is 0. The van der Waals surface area contributed by atoms with Crippen molar-refractivity contribution >= 4 is 34.4 Å². The lowest BCUT2D eigenvalue weighted by molar-refractivity contribution is 0.101. The average Bonchev–Trinajstić information content (AvgIpc) is 3.30. The van der Waals surface area contributed by atoms with Crippen molar-refractivity contribution in [2.75, 3.05) is 10.6 Å². The van der Waals surface area contributed by atoms with Gasteiger partial charge in [0, 0.05) is 29.1 Å². The predicted molar refractivity (Wildman–Crippen MR) is 129 cm³/mol. The Labute approximate surface area is 198 Å². The maximum atomic E-state index is 12.4. The minimum absolute atomic E-state index is 0.208. The third-order valence-electron chi connectivity index (χ3n) is 5.16. The van der Waals surface area contributed by atoms with Crippen LogP contribution in [0.3, 0.4) is 0 Å². The first-order valence-electron chi connectivity index (χ1n) is 10.5. The number of phenolic OH excluding ortho intramolecular Hbond substituents is 2. The molecule has 3 aromatic heterocycles. The first kappa shape index (κ1) is 21.6. The number of fused-ring (bicyclic) bond motifs is 1. The van der Waals surface area contributed by atoms with Gasteiger partial charge < -0.3 is 25.8 Å². The van der Waals surface area contributed by atoms with Crippen molar-refractivity contribution in [3.63, 3.8) is 0 Å². The third-order valence-corrected chi connectivity index (χ3v) is 5.16. The molecule has 0 saturated carbocycles. The van der Waals surface area contributed by atoms with Crippen molar-refractivity contribution in [3.05, 3.63) is 90.4 Å². The SMILES string of the molecule is O=C(Nc1ccc(-c2nc3cc(NC(=O)c4ccccn4)ncc3[nH]2)cc1)c1ccc(O)c(O)c1. The molecule has 0 spiro atoms. The summed E-state index contributed by atoms with van der Waals surface area (Å²) in [5, 5.41) is 24.4. The maximum Gasteiger partial charge on any atom is 0.275 e. The number of nitrogens with one attached hydrogen (secondary N) is 3. The van der Waals surface area contributed by atoms with E-state index in [9.17, 15) is 19.8 Å². The number of aromatic nitrogens is 4. The molecule has 0 saturated heterocycles. The molecule has 2 aromatic carbocycles. The Balaban J connectivity index is 1.30. The van der Waals surface area contributed by atoms with Gasteiger partial charge in [-0.25, -0.2) is 9.97 Å². The zero-order valence-electron chi connectivity index (χ0n) is 18.1. The summed E-state index contributed by atoms with van der Waals surface area (Å²) in [6, 6.07) is 17.6. The van der Waals surface area contributed by atoms with Crippen LogP contribution in [0.25, 0.3) is 22.4 Å². The van der Waals surface area contributed by atoms with Crippen molar-refractivity contribution in [1.82, 2.24) is 19.9 Å². The summed E-state index contributed by atoms with van der Waals surface area (Å²) in [7, 11) is 0.